The van der Waals surface area contributed by atoms with Crippen LogP contribution in [0.2, 0.25) is 0 Å². The summed E-state index contributed by atoms with van der Waals surface area (Å²) in [6.07, 6.45) is 5.73. The van der Waals surface area contributed by atoms with Crippen LogP contribution in [0, 0.1) is 5.92 Å². The van der Waals surface area contributed by atoms with Gasteiger partial charge in [0.05, 0.1) is 17.2 Å². The highest BCUT2D eigenvalue weighted by Gasteiger charge is 2.24. The van der Waals surface area contributed by atoms with E-state index in [1.807, 2.05) is 18.8 Å². The van der Waals surface area contributed by atoms with Crippen molar-refractivity contribution in [1.82, 2.24) is 14.7 Å². The van der Waals surface area contributed by atoms with Crippen LogP contribution < -0.4 is 0 Å². The molecule has 0 atom stereocenters. The molecule has 0 aliphatic heterocycles. The van der Waals surface area contributed by atoms with Crippen LogP contribution >= 0.6 is 15.9 Å². The Bertz CT molecular complexity index is 423. The molecule has 0 saturated carbocycles. The third kappa shape index (κ3) is 4.70. The zero-order valence-electron chi connectivity index (χ0n) is 13.0. The molecule has 0 aliphatic carbocycles. The fourth-order valence-corrected chi connectivity index (χ4v) is 2.86. The summed E-state index contributed by atoms with van der Waals surface area (Å²) < 4.78 is 2.66. The Labute approximate surface area is 130 Å². The van der Waals surface area contributed by atoms with Gasteiger partial charge in [0.15, 0.2) is 5.78 Å². The molecule has 1 heterocycles. The van der Waals surface area contributed by atoms with Crippen molar-refractivity contribution in [3.05, 3.63) is 16.4 Å². The third-order valence-corrected chi connectivity index (χ3v) is 4.01. The molecule has 4 nitrogen and oxygen atoms in total. The monoisotopic (exact) mass is 343 g/mol. The second-order valence-corrected chi connectivity index (χ2v) is 6.36. The summed E-state index contributed by atoms with van der Waals surface area (Å²) in [4.78, 5) is 14.9. The van der Waals surface area contributed by atoms with Gasteiger partial charge in [0.25, 0.3) is 0 Å². The van der Waals surface area contributed by atoms with Gasteiger partial charge in [-0.1, -0.05) is 26.7 Å². The number of hydrogen-bond donors (Lipinski definition) is 0. The summed E-state index contributed by atoms with van der Waals surface area (Å²) in [5.41, 5.74) is 0.735. The molecule has 1 aromatic heterocycles. The number of nitrogens with zero attached hydrogens (tertiary/aromatic N) is 3. The fourth-order valence-electron chi connectivity index (χ4n) is 2.37. The lowest BCUT2D eigenvalue weighted by atomic mass is 9.92. The number of hydrogen-bond acceptors (Lipinski definition) is 3. The van der Waals surface area contributed by atoms with Crippen molar-refractivity contribution in [2.24, 2.45) is 5.92 Å². The first-order valence-electron chi connectivity index (χ1n) is 7.41. The summed E-state index contributed by atoms with van der Waals surface area (Å²) in [5.74, 6) is 0.355. The number of halogens is 1. The van der Waals surface area contributed by atoms with Gasteiger partial charge in [-0.3, -0.25) is 9.48 Å². The van der Waals surface area contributed by atoms with E-state index in [2.05, 4.69) is 39.8 Å². The van der Waals surface area contributed by atoms with Crippen LogP contribution in [0.4, 0.5) is 0 Å². The number of likely N-dealkylation sites (N-methyl/N-ethyl adjacent to an activating group) is 1. The molecular formula is C15H26BrN3O. The number of Topliss-reactive ketones (excluding diaryl/α,β-unsaturated/α-hetero) is 1. The molecule has 0 unspecified atom stereocenters. The molecular weight excluding hydrogens is 318 g/mol. The first-order chi connectivity index (χ1) is 9.51. The molecule has 114 valence electrons. The van der Waals surface area contributed by atoms with Gasteiger partial charge in [0.2, 0.25) is 0 Å². The van der Waals surface area contributed by atoms with Crippen LogP contribution in [-0.2, 0) is 6.54 Å². The van der Waals surface area contributed by atoms with Gasteiger partial charge in [-0.05, 0) is 42.9 Å². The highest BCUT2D eigenvalue weighted by molar-refractivity contribution is 9.10. The zero-order chi connectivity index (χ0) is 15.1. The Morgan fingerprint density at radius 2 is 1.95 bits per heavy atom. The highest BCUT2D eigenvalue weighted by Crippen LogP contribution is 2.24. The van der Waals surface area contributed by atoms with Crippen LogP contribution in [-0.4, -0.2) is 41.1 Å². The van der Waals surface area contributed by atoms with Crippen molar-refractivity contribution in [2.75, 3.05) is 20.6 Å². The van der Waals surface area contributed by atoms with Crippen molar-refractivity contribution < 1.29 is 4.79 Å². The van der Waals surface area contributed by atoms with E-state index in [9.17, 15) is 4.79 Å². The first-order valence-corrected chi connectivity index (χ1v) is 8.20. The van der Waals surface area contributed by atoms with E-state index in [4.69, 9.17) is 0 Å². The maximum Gasteiger partial charge on any atom is 0.185 e. The predicted molar refractivity (Wildman–Crippen MR) is 86.1 cm³/mol. The minimum Gasteiger partial charge on any atom is -0.308 e. The van der Waals surface area contributed by atoms with Gasteiger partial charge in [0.1, 0.15) is 5.69 Å². The van der Waals surface area contributed by atoms with Crippen LogP contribution in [0.5, 0.6) is 0 Å². The maximum atomic E-state index is 12.8. The second-order valence-electron chi connectivity index (χ2n) is 5.51. The largest absolute Gasteiger partial charge is 0.308 e. The second kappa shape index (κ2) is 8.57. The quantitative estimate of drug-likeness (QED) is 0.643. The minimum atomic E-state index is 0.121. The molecule has 0 spiro atoms. The average Bonchev–Trinajstić information content (AvgIpc) is 2.76. The number of carbonyl (C=O) groups excluding carboxylic acids is 1. The van der Waals surface area contributed by atoms with E-state index >= 15 is 0 Å². The molecule has 0 aromatic carbocycles. The van der Waals surface area contributed by atoms with Gasteiger partial charge in [-0.15, -0.1) is 0 Å². The summed E-state index contributed by atoms with van der Waals surface area (Å²) in [6.45, 7) is 5.88. The number of ketones is 1. The molecule has 0 amide bonds. The van der Waals surface area contributed by atoms with Crippen molar-refractivity contribution in [2.45, 2.75) is 46.1 Å². The third-order valence-electron chi connectivity index (χ3n) is 3.43. The smallest absolute Gasteiger partial charge is 0.185 e. The summed E-state index contributed by atoms with van der Waals surface area (Å²) >= 11 is 3.48. The lowest BCUT2D eigenvalue weighted by molar-refractivity contribution is 0.0892. The zero-order valence-corrected chi connectivity index (χ0v) is 14.6. The van der Waals surface area contributed by atoms with Crippen LogP contribution in [0.3, 0.4) is 0 Å². The number of aromatic nitrogens is 2. The van der Waals surface area contributed by atoms with Crippen molar-refractivity contribution in [3.63, 3.8) is 0 Å². The van der Waals surface area contributed by atoms with E-state index < -0.39 is 0 Å². The van der Waals surface area contributed by atoms with Gasteiger partial charge in [-0.25, -0.2) is 0 Å². The standard InChI is InChI=1S/C15H26BrN3O/c1-5-7-12(8-6-2)15(20)14-13(16)11-17-19(14)10-9-18(3)4/h11-12H,5-10H2,1-4H3. The lowest BCUT2D eigenvalue weighted by Crippen LogP contribution is -2.24. The Morgan fingerprint density at radius 3 is 2.45 bits per heavy atom. The lowest BCUT2D eigenvalue weighted by Gasteiger charge is -2.16. The van der Waals surface area contributed by atoms with E-state index in [0.29, 0.717) is 0 Å². The van der Waals surface area contributed by atoms with Crippen molar-refractivity contribution in [1.29, 1.82) is 0 Å². The van der Waals surface area contributed by atoms with Gasteiger partial charge in [-0.2, -0.15) is 5.10 Å². The molecule has 5 heteroatoms. The van der Waals surface area contributed by atoms with E-state index in [1.165, 1.54) is 0 Å². The molecule has 1 rings (SSSR count). The molecule has 0 bridgehead atoms. The normalized spacial score (nSPS) is 11.6. The van der Waals surface area contributed by atoms with Gasteiger partial charge < -0.3 is 4.90 Å². The Kier molecular flexibility index (Phi) is 7.45. The SMILES string of the molecule is CCCC(CCC)C(=O)c1c(Br)cnn1CCN(C)C. The highest BCUT2D eigenvalue weighted by atomic mass is 79.9. The number of rotatable bonds is 9. The molecule has 0 aliphatic rings. The van der Waals surface area contributed by atoms with E-state index in [-0.39, 0.29) is 11.7 Å². The van der Waals surface area contributed by atoms with Gasteiger partial charge >= 0.3 is 0 Å². The predicted octanol–water partition coefficient (Wildman–Crippen LogP) is 3.61. The van der Waals surface area contributed by atoms with Crippen LogP contribution in [0.25, 0.3) is 0 Å². The number of carbonyl (C=O) groups is 1. The van der Waals surface area contributed by atoms with E-state index in [0.717, 1.165) is 48.9 Å². The van der Waals surface area contributed by atoms with Gasteiger partial charge in [0, 0.05) is 12.5 Å². The summed E-state index contributed by atoms with van der Waals surface area (Å²) in [5, 5.41) is 4.33. The topological polar surface area (TPSA) is 38.1 Å². The molecule has 20 heavy (non-hydrogen) atoms. The maximum absolute atomic E-state index is 12.8. The molecule has 0 radical (unpaired) electrons. The minimum absolute atomic E-state index is 0.121. The molecule has 0 N–H and O–H groups in total. The molecule has 1 aromatic rings. The summed E-state index contributed by atoms with van der Waals surface area (Å²) in [7, 11) is 4.05. The Hall–Kier alpha value is -0.680. The Morgan fingerprint density at radius 1 is 1.35 bits per heavy atom. The van der Waals surface area contributed by atoms with Crippen molar-refractivity contribution >= 4 is 21.7 Å². The van der Waals surface area contributed by atoms with Crippen molar-refractivity contribution in [3.8, 4) is 0 Å². The first kappa shape index (κ1) is 17.4. The summed E-state index contributed by atoms with van der Waals surface area (Å²) in [6, 6.07) is 0. The Balaban J connectivity index is 2.92. The van der Waals surface area contributed by atoms with Crippen LogP contribution in [0.15, 0.2) is 10.7 Å². The van der Waals surface area contributed by atoms with E-state index in [1.54, 1.807) is 6.20 Å². The fraction of sp³-hybridized carbons (Fsp3) is 0.733. The molecule has 0 saturated heterocycles. The average molecular weight is 344 g/mol. The molecule has 0 fully saturated rings. The van der Waals surface area contributed by atoms with Crippen LogP contribution in [0.1, 0.15) is 50.0 Å².